The maximum absolute atomic E-state index is 11.9. The predicted octanol–water partition coefficient (Wildman–Crippen LogP) is 2.75. The van der Waals surface area contributed by atoms with Gasteiger partial charge in [-0.2, -0.15) is 0 Å². The van der Waals surface area contributed by atoms with Crippen molar-refractivity contribution in [3.8, 4) is 0 Å². The molecule has 1 fully saturated rings. The monoisotopic (exact) mass is 256 g/mol. The van der Waals surface area contributed by atoms with Crippen LogP contribution in [0, 0.1) is 0 Å². The Morgan fingerprint density at radius 1 is 1.16 bits per heavy atom. The molecule has 2 N–H and O–H groups in total. The summed E-state index contributed by atoms with van der Waals surface area (Å²) in [5.41, 5.74) is 0.828. The van der Waals surface area contributed by atoms with Crippen molar-refractivity contribution < 1.29 is 9.53 Å². The number of amides is 2. The van der Waals surface area contributed by atoms with E-state index in [2.05, 4.69) is 10.6 Å². The lowest BCUT2D eigenvalue weighted by atomic mass is 10.1. The fourth-order valence-electron chi connectivity index (χ4n) is 2.33. The fraction of sp³-hybridized carbons (Fsp3) is 0.267. The van der Waals surface area contributed by atoms with Crippen molar-refractivity contribution in [2.75, 3.05) is 18.5 Å². The summed E-state index contributed by atoms with van der Waals surface area (Å²) in [6.45, 7) is 1.32. The molecule has 4 nitrogen and oxygen atoms in total. The second kappa shape index (κ2) is 5.28. The van der Waals surface area contributed by atoms with Crippen LogP contribution in [0.5, 0.6) is 0 Å². The number of hydrogen-bond acceptors (Lipinski definition) is 2. The summed E-state index contributed by atoms with van der Waals surface area (Å²) in [5.74, 6) is 0. The van der Waals surface area contributed by atoms with E-state index in [1.807, 2.05) is 42.5 Å². The van der Waals surface area contributed by atoms with Gasteiger partial charge in [-0.25, -0.2) is 4.79 Å². The van der Waals surface area contributed by atoms with Crippen molar-refractivity contribution in [1.29, 1.82) is 0 Å². The molecule has 4 heteroatoms. The summed E-state index contributed by atoms with van der Waals surface area (Å²) < 4.78 is 5.24. The standard InChI is InChI=1S/C15H16N2O2/c18-15(16-12-8-9-19-10-12)17-14-7-3-5-11-4-1-2-6-13(11)14/h1-7,12H,8-10H2,(H2,16,17,18). The van der Waals surface area contributed by atoms with Crippen LogP contribution in [-0.4, -0.2) is 25.3 Å². The van der Waals surface area contributed by atoms with E-state index in [-0.39, 0.29) is 12.1 Å². The molecule has 0 spiro atoms. The molecular weight excluding hydrogens is 240 g/mol. The molecule has 1 atom stereocenters. The molecule has 1 unspecified atom stereocenters. The Morgan fingerprint density at radius 3 is 2.84 bits per heavy atom. The van der Waals surface area contributed by atoms with E-state index in [0.29, 0.717) is 6.61 Å². The first-order valence-electron chi connectivity index (χ1n) is 6.46. The second-order valence-corrected chi connectivity index (χ2v) is 4.69. The summed E-state index contributed by atoms with van der Waals surface area (Å²) in [6.07, 6.45) is 0.878. The van der Waals surface area contributed by atoms with Crippen LogP contribution in [0.15, 0.2) is 42.5 Å². The van der Waals surface area contributed by atoms with E-state index >= 15 is 0 Å². The molecule has 98 valence electrons. The molecule has 2 aromatic rings. The Labute approximate surface area is 111 Å². The third kappa shape index (κ3) is 2.69. The molecule has 0 aliphatic carbocycles. The van der Waals surface area contributed by atoms with Gasteiger partial charge in [-0.3, -0.25) is 0 Å². The highest BCUT2D eigenvalue weighted by molar-refractivity contribution is 6.01. The average Bonchev–Trinajstić information content (AvgIpc) is 2.92. The number of benzene rings is 2. The number of anilines is 1. The Hall–Kier alpha value is -2.07. The quantitative estimate of drug-likeness (QED) is 0.868. The molecule has 3 rings (SSSR count). The minimum Gasteiger partial charge on any atom is -0.379 e. The van der Waals surface area contributed by atoms with Gasteiger partial charge in [0.2, 0.25) is 0 Å². The summed E-state index contributed by atoms with van der Waals surface area (Å²) in [4.78, 5) is 11.9. The number of fused-ring (bicyclic) bond motifs is 1. The van der Waals surface area contributed by atoms with Gasteiger partial charge in [-0.05, 0) is 17.9 Å². The molecule has 0 aromatic heterocycles. The van der Waals surface area contributed by atoms with Crippen LogP contribution < -0.4 is 10.6 Å². The van der Waals surface area contributed by atoms with Gasteiger partial charge >= 0.3 is 6.03 Å². The van der Waals surface area contributed by atoms with Gasteiger partial charge in [-0.15, -0.1) is 0 Å². The first-order chi connectivity index (χ1) is 9.33. The van der Waals surface area contributed by atoms with Crippen LogP contribution in [0.4, 0.5) is 10.5 Å². The Kier molecular flexibility index (Phi) is 3.33. The smallest absolute Gasteiger partial charge is 0.319 e. The highest BCUT2D eigenvalue weighted by atomic mass is 16.5. The molecule has 1 aliphatic rings. The molecule has 19 heavy (non-hydrogen) atoms. The number of ether oxygens (including phenoxy) is 1. The van der Waals surface area contributed by atoms with Crippen molar-refractivity contribution in [2.24, 2.45) is 0 Å². The Bertz CT molecular complexity index is 586. The maximum atomic E-state index is 11.9. The summed E-state index contributed by atoms with van der Waals surface area (Å²) in [6, 6.07) is 13.8. The lowest BCUT2D eigenvalue weighted by Crippen LogP contribution is -2.38. The first-order valence-corrected chi connectivity index (χ1v) is 6.46. The molecule has 1 aliphatic heterocycles. The maximum Gasteiger partial charge on any atom is 0.319 e. The van der Waals surface area contributed by atoms with Gasteiger partial charge in [0.25, 0.3) is 0 Å². The van der Waals surface area contributed by atoms with Crippen LogP contribution >= 0.6 is 0 Å². The minimum atomic E-state index is -0.174. The molecular formula is C15H16N2O2. The Balaban J connectivity index is 1.75. The SMILES string of the molecule is O=C(Nc1cccc2ccccc12)NC1CCOC1. The zero-order chi connectivity index (χ0) is 13.1. The van der Waals surface area contributed by atoms with Gasteiger partial charge in [0.05, 0.1) is 18.3 Å². The van der Waals surface area contributed by atoms with Crippen LogP contribution in [0.1, 0.15) is 6.42 Å². The summed E-state index contributed by atoms with van der Waals surface area (Å²) in [5, 5.41) is 7.98. The zero-order valence-electron chi connectivity index (χ0n) is 10.6. The normalized spacial score (nSPS) is 18.4. The van der Waals surface area contributed by atoms with Crippen molar-refractivity contribution in [1.82, 2.24) is 5.32 Å². The van der Waals surface area contributed by atoms with Crippen molar-refractivity contribution in [2.45, 2.75) is 12.5 Å². The number of rotatable bonds is 2. The van der Waals surface area contributed by atoms with E-state index in [9.17, 15) is 4.79 Å². The number of carbonyl (C=O) groups excluding carboxylic acids is 1. The second-order valence-electron chi connectivity index (χ2n) is 4.69. The van der Waals surface area contributed by atoms with Crippen LogP contribution in [0.25, 0.3) is 10.8 Å². The van der Waals surface area contributed by atoms with Crippen molar-refractivity contribution >= 4 is 22.5 Å². The lowest BCUT2D eigenvalue weighted by molar-refractivity contribution is 0.189. The van der Waals surface area contributed by atoms with Gasteiger partial charge in [0.1, 0.15) is 0 Å². The van der Waals surface area contributed by atoms with Crippen LogP contribution in [-0.2, 0) is 4.74 Å². The summed E-state index contributed by atoms with van der Waals surface area (Å²) in [7, 11) is 0. The number of hydrogen-bond donors (Lipinski definition) is 2. The third-order valence-electron chi connectivity index (χ3n) is 3.30. The molecule has 1 heterocycles. The highest BCUT2D eigenvalue weighted by Crippen LogP contribution is 2.22. The lowest BCUT2D eigenvalue weighted by Gasteiger charge is -2.13. The number of urea groups is 1. The minimum absolute atomic E-state index is 0.120. The first kappa shape index (κ1) is 12.0. The molecule has 0 saturated carbocycles. The van der Waals surface area contributed by atoms with E-state index in [4.69, 9.17) is 4.74 Å². The molecule has 1 saturated heterocycles. The molecule has 0 radical (unpaired) electrons. The molecule has 2 aromatic carbocycles. The average molecular weight is 256 g/mol. The highest BCUT2D eigenvalue weighted by Gasteiger charge is 2.17. The van der Waals surface area contributed by atoms with Gasteiger partial charge < -0.3 is 15.4 Å². The van der Waals surface area contributed by atoms with E-state index in [0.717, 1.165) is 29.5 Å². The van der Waals surface area contributed by atoms with Crippen LogP contribution in [0.2, 0.25) is 0 Å². The predicted molar refractivity (Wildman–Crippen MR) is 75.3 cm³/mol. The molecule has 2 amide bonds. The van der Waals surface area contributed by atoms with E-state index < -0.39 is 0 Å². The van der Waals surface area contributed by atoms with E-state index in [1.165, 1.54) is 0 Å². The topological polar surface area (TPSA) is 50.4 Å². The van der Waals surface area contributed by atoms with Gasteiger partial charge in [0, 0.05) is 12.0 Å². The number of nitrogens with one attached hydrogen (secondary N) is 2. The summed E-state index contributed by atoms with van der Waals surface area (Å²) >= 11 is 0. The van der Waals surface area contributed by atoms with Crippen molar-refractivity contribution in [3.63, 3.8) is 0 Å². The van der Waals surface area contributed by atoms with E-state index in [1.54, 1.807) is 0 Å². The Morgan fingerprint density at radius 2 is 2.00 bits per heavy atom. The number of carbonyl (C=O) groups is 1. The molecule has 0 bridgehead atoms. The zero-order valence-corrected chi connectivity index (χ0v) is 10.6. The largest absolute Gasteiger partial charge is 0.379 e. The van der Waals surface area contributed by atoms with Gasteiger partial charge in [-0.1, -0.05) is 36.4 Å². The fourth-order valence-corrected chi connectivity index (χ4v) is 2.33. The van der Waals surface area contributed by atoms with Gasteiger partial charge in [0.15, 0.2) is 0 Å². The third-order valence-corrected chi connectivity index (χ3v) is 3.30. The van der Waals surface area contributed by atoms with Crippen LogP contribution in [0.3, 0.4) is 0 Å². The van der Waals surface area contributed by atoms with Crippen molar-refractivity contribution in [3.05, 3.63) is 42.5 Å².